The molecule has 0 saturated carbocycles. The molecule has 0 aliphatic rings. The summed E-state index contributed by atoms with van der Waals surface area (Å²) in [6.07, 6.45) is 1.26. The molecular weight excluding hydrogens is 396 g/mol. The molecule has 1 heterocycles. The molecule has 0 spiro atoms. The molecule has 0 saturated heterocycles. The predicted molar refractivity (Wildman–Crippen MR) is 110 cm³/mol. The van der Waals surface area contributed by atoms with Crippen molar-refractivity contribution in [2.45, 2.75) is 13.3 Å². The van der Waals surface area contributed by atoms with Crippen LogP contribution in [0.2, 0.25) is 5.02 Å². The van der Waals surface area contributed by atoms with E-state index < -0.39 is 10.6 Å². The van der Waals surface area contributed by atoms with E-state index in [1.807, 2.05) is 25.1 Å². The third-order valence-electron chi connectivity index (χ3n) is 3.97. The first kappa shape index (κ1) is 20.0. The van der Waals surface area contributed by atoms with Gasteiger partial charge in [0.25, 0.3) is 0 Å². The van der Waals surface area contributed by atoms with E-state index in [4.69, 9.17) is 11.6 Å². The highest BCUT2D eigenvalue weighted by Gasteiger charge is 2.23. The number of aromatic nitrogens is 2. The lowest BCUT2D eigenvalue weighted by Gasteiger charge is -2.11. The smallest absolute Gasteiger partial charge is 0.334 e. The minimum Gasteiger partial charge on any atom is -0.334 e. The van der Waals surface area contributed by atoms with Crippen LogP contribution in [0.5, 0.6) is 0 Å². The van der Waals surface area contributed by atoms with Gasteiger partial charge in [0, 0.05) is 10.7 Å². The van der Waals surface area contributed by atoms with Crippen molar-refractivity contribution in [3.8, 4) is 0 Å². The van der Waals surface area contributed by atoms with Crippen molar-refractivity contribution in [3.63, 3.8) is 0 Å². The zero-order chi connectivity index (χ0) is 20.8. The summed E-state index contributed by atoms with van der Waals surface area (Å²) in [4.78, 5) is 30.9. The number of hydrogen-bond acceptors (Lipinski definition) is 7. The van der Waals surface area contributed by atoms with Gasteiger partial charge in [-0.05, 0) is 30.2 Å². The molecule has 0 aliphatic carbocycles. The van der Waals surface area contributed by atoms with E-state index in [1.54, 1.807) is 30.3 Å². The van der Waals surface area contributed by atoms with Crippen molar-refractivity contribution >= 4 is 40.5 Å². The van der Waals surface area contributed by atoms with Gasteiger partial charge >= 0.3 is 5.69 Å². The fourth-order valence-electron chi connectivity index (χ4n) is 2.50. The van der Waals surface area contributed by atoms with Crippen molar-refractivity contribution < 1.29 is 9.72 Å². The lowest BCUT2D eigenvalue weighted by Crippen LogP contribution is -2.31. The summed E-state index contributed by atoms with van der Waals surface area (Å²) in [6, 6.07) is 14.2. The number of anilines is 3. The SMILES string of the molecule is Cc1ccc(Nc2ncnc(NNC(=O)Cc3ccccc3)c2[N+](=O)[O-])cc1Cl. The molecule has 10 heteroatoms. The van der Waals surface area contributed by atoms with Crippen LogP contribution in [0.1, 0.15) is 11.1 Å². The molecular formula is C19H17ClN6O3. The lowest BCUT2D eigenvalue weighted by atomic mass is 10.1. The number of hydrogen-bond donors (Lipinski definition) is 3. The van der Waals surface area contributed by atoms with E-state index in [1.165, 1.54) is 0 Å². The number of amides is 1. The maximum atomic E-state index is 12.1. The van der Waals surface area contributed by atoms with Crippen LogP contribution in [-0.2, 0) is 11.2 Å². The molecule has 0 radical (unpaired) electrons. The highest BCUT2D eigenvalue weighted by Crippen LogP contribution is 2.31. The van der Waals surface area contributed by atoms with Crippen LogP contribution in [0.25, 0.3) is 0 Å². The summed E-state index contributed by atoms with van der Waals surface area (Å²) >= 11 is 6.10. The minimum atomic E-state index is -0.635. The normalized spacial score (nSPS) is 10.3. The summed E-state index contributed by atoms with van der Waals surface area (Å²) in [5, 5.41) is 15.0. The quantitative estimate of drug-likeness (QED) is 0.398. The van der Waals surface area contributed by atoms with Gasteiger partial charge in [0.15, 0.2) is 0 Å². The lowest BCUT2D eigenvalue weighted by molar-refractivity contribution is -0.383. The molecule has 3 N–H and O–H groups in total. The maximum absolute atomic E-state index is 12.1. The van der Waals surface area contributed by atoms with E-state index in [0.29, 0.717) is 10.7 Å². The van der Waals surface area contributed by atoms with Crippen LogP contribution >= 0.6 is 11.6 Å². The number of nitrogens with zero attached hydrogens (tertiary/aromatic N) is 3. The Bertz CT molecular complexity index is 1050. The summed E-state index contributed by atoms with van der Waals surface area (Å²) in [7, 11) is 0. The second-order valence-corrected chi connectivity index (χ2v) is 6.51. The number of nitrogens with one attached hydrogen (secondary N) is 3. The molecule has 9 nitrogen and oxygen atoms in total. The first-order chi connectivity index (χ1) is 13.9. The molecule has 3 aromatic rings. The van der Waals surface area contributed by atoms with Gasteiger partial charge < -0.3 is 5.32 Å². The summed E-state index contributed by atoms with van der Waals surface area (Å²) in [6.45, 7) is 1.85. The van der Waals surface area contributed by atoms with Crippen molar-refractivity contribution in [3.05, 3.63) is 81.1 Å². The number of nitro groups is 1. The number of hydrazine groups is 1. The fourth-order valence-corrected chi connectivity index (χ4v) is 2.68. The first-order valence-electron chi connectivity index (χ1n) is 8.55. The number of aryl methyl sites for hydroxylation is 1. The molecule has 3 rings (SSSR count). The van der Waals surface area contributed by atoms with E-state index in [0.717, 1.165) is 17.5 Å². The van der Waals surface area contributed by atoms with E-state index in [9.17, 15) is 14.9 Å². The van der Waals surface area contributed by atoms with Gasteiger partial charge in [-0.2, -0.15) is 0 Å². The molecule has 1 amide bonds. The van der Waals surface area contributed by atoms with Crippen molar-refractivity contribution in [1.29, 1.82) is 0 Å². The average molecular weight is 413 g/mol. The molecule has 0 unspecified atom stereocenters. The molecule has 1 aromatic heterocycles. The van der Waals surface area contributed by atoms with Crippen LogP contribution in [-0.4, -0.2) is 20.8 Å². The van der Waals surface area contributed by atoms with Gasteiger partial charge in [0.2, 0.25) is 17.5 Å². The number of carbonyl (C=O) groups excluding carboxylic acids is 1. The number of halogens is 1. The second kappa shape index (κ2) is 8.98. The van der Waals surface area contributed by atoms with Crippen LogP contribution in [0, 0.1) is 17.0 Å². The Balaban J connectivity index is 1.76. The van der Waals surface area contributed by atoms with Gasteiger partial charge in [-0.15, -0.1) is 0 Å². The topological polar surface area (TPSA) is 122 Å². The molecule has 0 bridgehead atoms. The number of rotatable bonds is 7. The van der Waals surface area contributed by atoms with Crippen LogP contribution in [0.3, 0.4) is 0 Å². The largest absolute Gasteiger partial charge is 0.355 e. The Morgan fingerprint density at radius 2 is 1.86 bits per heavy atom. The van der Waals surface area contributed by atoms with Crippen LogP contribution in [0.15, 0.2) is 54.9 Å². The average Bonchev–Trinajstić information content (AvgIpc) is 2.70. The molecule has 2 aromatic carbocycles. The molecule has 0 atom stereocenters. The van der Waals surface area contributed by atoms with Crippen molar-refractivity contribution in [2.24, 2.45) is 0 Å². The summed E-state index contributed by atoms with van der Waals surface area (Å²) in [5.74, 6) is -0.555. The third kappa shape index (κ3) is 5.17. The zero-order valence-electron chi connectivity index (χ0n) is 15.3. The minimum absolute atomic E-state index is 0.0373. The maximum Gasteiger partial charge on any atom is 0.355 e. The Morgan fingerprint density at radius 3 is 2.55 bits per heavy atom. The highest BCUT2D eigenvalue weighted by atomic mass is 35.5. The third-order valence-corrected chi connectivity index (χ3v) is 4.37. The Kier molecular flexibility index (Phi) is 6.20. The highest BCUT2D eigenvalue weighted by molar-refractivity contribution is 6.31. The van der Waals surface area contributed by atoms with Crippen LogP contribution < -0.4 is 16.2 Å². The molecule has 0 fully saturated rings. The Morgan fingerprint density at radius 1 is 1.14 bits per heavy atom. The number of benzene rings is 2. The van der Waals surface area contributed by atoms with Gasteiger partial charge in [-0.25, -0.2) is 9.97 Å². The monoisotopic (exact) mass is 412 g/mol. The predicted octanol–water partition coefficient (Wildman–Crippen LogP) is 3.78. The summed E-state index contributed by atoms with van der Waals surface area (Å²) < 4.78 is 0. The van der Waals surface area contributed by atoms with Gasteiger partial charge in [-0.1, -0.05) is 48.0 Å². The van der Waals surface area contributed by atoms with Gasteiger partial charge in [0.1, 0.15) is 6.33 Å². The standard InChI is InChI=1S/C19H17ClN6O3/c1-12-7-8-14(10-15(12)20)23-18-17(26(28)29)19(22-11-21-18)25-24-16(27)9-13-5-3-2-4-6-13/h2-8,10-11H,9H2,1H3,(H,24,27)(H2,21,22,23,25). The molecule has 148 valence electrons. The van der Waals surface area contributed by atoms with E-state index in [2.05, 4.69) is 26.1 Å². The van der Waals surface area contributed by atoms with E-state index >= 15 is 0 Å². The van der Waals surface area contributed by atoms with E-state index in [-0.39, 0.29) is 24.0 Å². The molecule has 29 heavy (non-hydrogen) atoms. The Hall–Kier alpha value is -3.72. The first-order valence-corrected chi connectivity index (χ1v) is 8.93. The number of carbonyl (C=O) groups is 1. The summed E-state index contributed by atoms with van der Waals surface area (Å²) in [5.41, 5.74) is 6.72. The van der Waals surface area contributed by atoms with Crippen LogP contribution in [0.4, 0.5) is 23.0 Å². The van der Waals surface area contributed by atoms with Crippen molar-refractivity contribution in [2.75, 3.05) is 10.7 Å². The fraction of sp³-hybridized carbons (Fsp3) is 0.105. The van der Waals surface area contributed by atoms with Crippen molar-refractivity contribution in [1.82, 2.24) is 15.4 Å². The van der Waals surface area contributed by atoms with Gasteiger partial charge in [0.05, 0.1) is 11.3 Å². The second-order valence-electron chi connectivity index (χ2n) is 6.10. The molecule has 0 aliphatic heterocycles. The Labute approximate surface area is 171 Å². The van der Waals surface area contributed by atoms with Gasteiger partial charge in [-0.3, -0.25) is 25.8 Å². The zero-order valence-corrected chi connectivity index (χ0v) is 16.1.